The van der Waals surface area contributed by atoms with E-state index in [-0.39, 0.29) is 5.91 Å². The molecule has 0 aromatic heterocycles. The van der Waals surface area contributed by atoms with E-state index in [0.717, 1.165) is 25.5 Å². The fourth-order valence-electron chi connectivity index (χ4n) is 3.36. The van der Waals surface area contributed by atoms with Gasteiger partial charge in [-0.1, -0.05) is 19.8 Å². The van der Waals surface area contributed by atoms with Crippen LogP contribution in [0.4, 0.5) is 0 Å². The summed E-state index contributed by atoms with van der Waals surface area (Å²) in [5.74, 6) is 1.06. The molecule has 0 radical (unpaired) electrons. The number of amides is 1. The van der Waals surface area contributed by atoms with E-state index in [1.54, 1.807) is 0 Å². The van der Waals surface area contributed by atoms with Crippen LogP contribution in [0.25, 0.3) is 0 Å². The molecule has 1 saturated heterocycles. The van der Waals surface area contributed by atoms with Crippen LogP contribution in [-0.4, -0.2) is 37.5 Å². The average Bonchev–Trinajstić information content (AvgIpc) is 2.97. The van der Waals surface area contributed by atoms with Crippen LogP contribution in [0.5, 0.6) is 0 Å². The maximum absolute atomic E-state index is 11.2. The molecule has 3 N–H and O–H groups in total. The van der Waals surface area contributed by atoms with Crippen molar-refractivity contribution < 1.29 is 4.79 Å². The number of aliphatic imine (C=N–C) groups is 1. The Morgan fingerprint density at radius 1 is 1.38 bits per heavy atom. The van der Waals surface area contributed by atoms with E-state index in [1.807, 2.05) is 0 Å². The highest BCUT2D eigenvalue weighted by Gasteiger charge is 2.31. The summed E-state index contributed by atoms with van der Waals surface area (Å²) in [6.07, 6.45) is 8.03. The van der Waals surface area contributed by atoms with Crippen LogP contribution in [0.3, 0.4) is 0 Å². The third kappa shape index (κ3) is 4.61. The fourth-order valence-corrected chi connectivity index (χ4v) is 3.36. The zero-order valence-electron chi connectivity index (χ0n) is 13.5. The minimum Gasteiger partial charge on any atom is -0.357 e. The molecule has 120 valence electrons. The van der Waals surface area contributed by atoms with Gasteiger partial charge in [-0.25, -0.2) is 0 Å². The van der Waals surface area contributed by atoms with Gasteiger partial charge in [0.05, 0.1) is 0 Å². The van der Waals surface area contributed by atoms with Gasteiger partial charge >= 0.3 is 0 Å². The highest BCUT2D eigenvalue weighted by molar-refractivity contribution is 5.81. The third-order valence-corrected chi connectivity index (χ3v) is 4.94. The lowest BCUT2D eigenvalue weighted by Crippen LogP contribution is -2.51. The van der Waals surface area contributed by atoms with Gasteiger partial charge in [-0.15, -0.1) is 0 Å². The molecule has 2 aliphatic rings. The lowest BCUT2D eigenvalue weighted by molar-refractivity contribution is -0.122. The van der Waals surface area contributed by atoms with Crippen LogP contribution in [-0.2, 0) is 4.79 Å². The molecule has 0 spiro atoms. The minimum absolute atomic E-state index is 0.158. The van der Waals surface area contributed by atoms with E-state index in [4.69, 9.17) is 4.99 Å². The van der Waals surface area contributed by atoms with Gasteiger partial charge < -0.3 is 16.0 Å². The zero-order chi connectivity index (χ0) is 15.1. The Hall–Kier alpha value is -1.26. The summed E-state index contributed by atoms with van der Waals surface area (Å²) in [5, 5.41) is 9.71. The van der Waals surface area contributed by atoms with E-state index < -0.39 is 0 Å². The van der Waals surface area contributed by atoms with Gasteiger partial charge in [0.1, 0.15) is 0 Å². The molecule has 2 fully saturated rings. The predicted octanol–water partition coefficient (Wildman–Crippen LogP) is 1.79. The molecule has 5 heteroatoms. The Bertz CT molecular complexity index is 364. The number of rotatable bonds is 5. The van der Waals surface area contributed by atoms with Crippen LogP contribution in [0.2, 0.25) is 0 Å². The molecule has 0 aromatic carbocycles. The molecule has 1 amide bonds. The number of carbonyl (C=O) groups is 1. The average molecular weight is 294 g/mol. The van der Waals surface area contributed by atoms with Crippen molar-refractivity contribution in [3.8, 4) is 0 Å². The van der Waals surface area contributed by atoms with E-state index >= 15 is 0 Å². The molecule has 1 aliphatic heterocycles. The van der Waals surface area contributed by atoms with E-state index in [2.05, 4.69) is 29.8 Å². The van der Waals surface area contributed by atoms with Crippen LogP contribution >= 0.6 is 0 Å². The van der Waals surface area contributed by atoms with Crippen molar-refractivity contribution in [3.05, 3.63) is 0 Å². The molecule has 0 bridgehead atoms. The summed E-state index contributed by atoms with van der Waals surface area (Å²) in [7, 11) is 0. The number of hydrogen-bond donors (Lipinski definition) is 3. The maximum atomic E-state index is 11.2. The Morgan fingerprint density at radius 3 is 2.71 bits per heavy atom. The number of piperidine rings is 1. The molecular formula is C16H30N4O. The monoisotopic (exact) mass is 294 g/mol. The summed E-state index contributed by atoms with van der Waals surface area (Å²) in [6.45, 7) is 6.85. The molecule has 1 aliphatic carbocycles. The van der Waals surface area contributed by atoms with Crippen molar-refractivity contribution in [2.24, 2.45) is 10.4 Å². The van der Waals surface area contributed by atoms with Crippen molar-refractivity contribution in [1.29, 1.82) is 0 Å². The molecule has 1 heterocycles. The Balaban J connectivity index is 1.90. The third-order valence-electron chi connectivity index (χ3n) is 4.94. The highest BCUT2D eigenvalue weighted by Crippen LogP contribution is 2.41. The van der Waals surface area contributed by atoms with Crippen LogP contribution in [0.15, 0.2) is 4.99 Å². The standard InChI is InChI=1S/C16H30N4O/c1-3-16(9-5-6-10-16)12-19-15(17-4-2)20-13-7-8-14(21)18-11-13/h13H,3-12H2,1-2H3,(H,18,21)(H2,17,19,20). The predicted molar refractivity (Wildman–Crippen MR) is 86.3 cm³/mol. The summed E-state index contributed by atoms with van der Waals surface area (Å²) in [5.41, 5.74) is 0.420. The topological polar surface area (TPSA) is 65.5 Å². The second-order valence-electron chi connectivity index (χ2n) is 6.44. The molecule has 21 heavy (non-hydrogen) atoms. The summed E-state index contributed by atoms with van der Waals surface area (Å²) < 4.78 is 0. The summed E-state index contributed by atoms with van der Waals surface area (Å²) in [6, 6.07) is 0.293. The molecule has 1 atom stereocenters. The first kappa shape index (κ1) is 16.1. The highest BCUT2D eigenvalue weighted by atomic mass is 16.1. The summed E-state index contributed by atoms with van der Waals surface area (Å²) >= 11 is 0. The van der Waals surface area contributed by atoms with E-state index in [9.17, 15) is 4.79 Å². The van der Waals surface area contributed by atoms with Gasteiger partial charge in [0, 0.05) is 32.1 Å². The van der Waals surface area contributed by atoms with E-state index in [0.29, 0.717) is 24.4 Å². The quantitative estimate of drug-likeness (QED) is 0.535. The molecule has 2 rings (SSSR count). The lowest BCUT2D eigenvalue weighted by atomic mass is 9.84. The van der Waals surface area contributed by atoms with Crippen molar-refractivity contribution in [2.75, 3.05) is 19.6 Å². The second kappa shape index (κ2) is 7.66. The molecule has 1 saturated carbocycles. The largest absolute Gasteiger partial charge is 0.357 e. The van der Waals surface area contributed by atoms with Gasteiger partial charge in [-0.3, -0.25) is 9.79 Å². The Morgan fingerprint density at radius 2 is 2.14 bits per heavy atom. The Kier molecular flexibility index (Phi) is 5.88. The van der Waals surface area contributed by atoms with Crippen LogP contribution in [0, 0.1) is 5.41 Å². The minimum atomic E-state index is 0.158. The first-order valence-electron chi connectivity index (χ1n) is 8.49. The molecule has 1 unspecified atom stereocenters. The lowest BCUT2D eigenvalue weighted by Gasteiger charge is -2.28. The first-order chi connectivity index (χ1) is 10.2. The zero-order valence-corrected chi connectivity index (χ0v) is 13.5. The van der Waals surface area contributed by atoms with Gasteiger partial charge in [0.2, 0.25) is 5.91 Å². The molecule has 0 aromatic rings. The van der Waals surface area contributed by atoms with Crippen molar-refractivity contribution >= 4 is 11.9 Å². The second-order valence-corrected chi connectivity index (χ2v) is 6.44. The number of guanidine groups is 1. The van der Waals surface area contributed by atoms with Crippen molar-refractivity contribution in [3.63, 3.8) is 0 Å². The van der Waals surface area contributed by atoms with Crippen molar-refractivity contribution in [2.45, 2.75) is 64.8 Å². The smallest absolute Gasteiger partial charge is 0.220 e. The van der Waals surface area contributed by atoms with Crippen LogP contribution in [0.1, 0.15) is 58.8 Å². The molecular weight excluding hydrogens is 264 g/mol. The van der Waals surface area contributed by atoms with Crippen LogP contribution < -0.4 is 16.0 Å². The van der Waals surface area contributed by atoms with Gasteiger partial charge in [0.25, 0.3) is 0 Å². The molecule has 5 nitrogen and oxygen atoms in total. The van der Waals surface area contributed by atoms with Gasteiger partial charge in [-0.2, -0.15) is 0 Å². The number of carbonyl (C=O) groups excluding carboxylic acids is 1. The van der Waals surface area contributed by atoms with Crippen molar-refractivity contribution in [1.82, 2.24) is 16.0 Å². The van der Waals surface area contributed by atoms with Gasteiger partial charge in [-0.05, 0) is 38.0 Å². The number of nitrogens with zero attached hydrogens (tertiary/aromatic N) is 1. The fraction of sp³-hybridized carbons (Fsp3) is 0.875. The summed E-state index contributed by atoms with van der Waals surface area (Å²) in [4.78, 5) is 16.0. The Labute approximate surface area is 128 Å². The SMILES string of the molecule is CCNC(=NCC1(CC)CCCC1)NC1CCC(=O)NC1. The first-order valence-corrected chi connectivity index (χ1v) is 8.49. The van der Waals surface area contributed by atoms with E-state index in [1.165, 1.54) is 32.1 Å². The van der Waals surface area contributed by atoms with Gasteiger partial charge in [0.15, 0.2) is 5.96 Å². The number of hydrogen-bond acceptors (Lipinski definition) is 2. The normalized spacial score (nSPS) is 25.5. The number of nitrogens with one attached hydrogen (secondary N) is 3. The maximum Gasteiger partial charge on any atom is 0.220 e.